The van der Waals surface area contributed by atoms with Crippen LogP contribution in [0.4, 0.5) is 10.9 Å². The fourth-order valence-electron chi connectivity index (χ4n) is 2.15. The maximum Gasteiger partial charge on any atom is 0.205 e. The van der Waals surface area contributed by atoms with E-state index in [1.165, 1.54) is 11.3 Å². The Labute approximate surface area is 163 Å². The zero-order chi connectivity index (χ0) is 18.4. The van der Waals surface area contributed by atoms with Gasteiger partial charge in [0.1, 0.15) is 12.4 Å². The van der Waals surface area contributed by atoms with Crippen LogP contribution in [-0.2, 0) is 6.61 Å². The van der Waals surface area contributed by atoms with Crippen molar-refractivity contribution in [3.63, 3.8) is 0 Å². The highest BCUT2D eigenvalue weighted by atomic mass is 79.9. The van der Waals surface area contributed by atoms with Crippen LogP contribution < -0.4 is 20.6 Å². The molecule has 0 unspecified atom stereocenters. The van der Waals surface area contributed by atoms with E-state index in [-0.39, 0.29) is 0 Å². The third kappa shape index (κ3) is 4.74. The number of anilines is 2. The molecule has 8 heteroatoms. The van der Waals surface area contributed by atoms with Gasteiger partial charge in [0.25, 0.3) is 0 Å². The van der Waals surface area contributed by atoms with Crippen molar-refractivity contribution in [2.24, 2.45) is 5.10 Å². The number of halogens is 1. The standard InChI is InChI=1S/C18H17BrN4O2S/c1-24-16-8-12(9-21-23-18-22-17(20)11-26-18)6-7-15(16)25-10-13-4-2-3-5-14(13)19/h2-9,11H,10,20H2,1H3,(H,22,23). The van der Waals surface area contributed by atoms with Gasteiger partial charge in [-0.15, -0.1) is 11.3 Å². The summed E-state index contributed by atoms with van der Waals surface area (Å²) >= 11 is 4.91. The molecule has 6 nitrogen and oxygen atoms in total. The molecule has 2 aromatic carbocycles. The first-order valence-corrected chi connectivity index (χ1v) is 9.37. The van der Waals surface area contributed by atoms with Crippen LogP contribution in [0.15, 0.2) is 57.4 Å². The number of nitrogens with zero attached hydrogens (tertiary/aromatic N) is 2. The number of nitrogens with one attached hydrogen (secondary N) is 1. The van der Waals surface area contributed by atoms with Crippen molar-refractivity contribution in [1.29, 1.82) is 0 Å². The summed E-state index contributed by atoms with van der Waals surface area (Å²) in [5, 5.41) is 6.54. The number of rotatable bonds is 7. The Bertz CT molecular complexity index is 914. The predicted molar refractivity (Wildman–Crippen MR) is 109 cm³/mol. The molecular formula is C18H17BrN4O2S. The fourth-order valence-corrected chi connectivity index (χ4v) is 3.10. The molecule has 0 bridgehead atoms. The van der Waals surface area contributed by atoms with E-state index >= 15 is 0 Å². The summed E-state index contributed by atoms with van der Waals surface area (Å²) in [5.74, 6) is 1.78. The summed E-state index contributed by atoms with van der Waals surface area (Å²) in [4.78, 5) is 4.07. The second kappa shape index (κ2) is 8.68. The highest BCUT2D eigenvalue weighted by Gasteiger charge is 2.07. The quantitative estimate of drug-likeness (QED) is 0.423. The van der Waals surface area contributed by atoms with Gasteiger partial charge in [-0.25, -0.2) is 4.98 Å². The van der Waals surface area contributed by atoms with E-state index in [0.717, 1.165) is 15.6 Å². The van der Waals surface area contributed by atoms with Crippen LogP contribution in [0.25, 0.3) is 0 Å². The van der Waals surface area contributed by atoms with Crippen molar-refractivity contribution in [1.82, 2.24) is 4.98 Å². The van der Waals surface area contributed by atoms with Crippen LogP contribution in [-0.4, -0.2) is 18.3 Å². The number of hydrogen-bond acceptors (Lipinski definition) is 7. The Morgan fingerprint density at radius 1 is 1.27 bits per heavy atom. The molecule has 134 valence electrons. The molecule has 26 heavy (non-hydrogen) atoms. The van der Waals surface area contributed by atoms with E-state index in [2.05, 4.69) is 31.4 Å². The van der Waals surface area contributed by atoms with Crippen molar-refractivity contribution in [2.45, 2.75) is 6.61 Å². The molecule has 1 heterocycles. The lowest BCUT2D eigenvalue weighted by Crippen LogP contribution is -1.99. The minimum Gasteiger partial charge on any atom is -0.493 e. The third-order valence-electron chi connectivity index (χ3n) is 3.42. The van der Waals surface area contributed by atoms with Crippen molar-refractivity contribution in [3.05, 3.63) is 63.4 Å². The maximum atomic E-state index is 5.89. The predicted octanol–water partition coefficient (Wildman–Crippen LogP) is 4.52. The zero-order valence-electron chi connectivity index (χ0n) is 14.0. The van der Waals surface area contributed by atoms with Crippen LogP contribution in [0.5, 0.6) is 11.5 Å². The number of methoxy groups -OCH3 is 1. The fraction of sp³-hybridized carbons (Fsp3) is 0.111. The van der Waals surface area contributed by atoms with E-state index < -0.39 is 0 Å². The van der Waals surface area contributed by atoms with Gasteiger partial charge in [0.2, 0.25) is 5.13 Å². The van der Waals surface area contributed by atoms with Gasteiger partial charge in [-0.2, -0.15) is 5.10 Å². The lowest BCUT2D eigenvalue weighted by atomic mass is 10.2. The smallest absolute Gasteiger partial charge is 0.205 e. The van der Waals surface area contributed by atoms with E-state index in [0.29, 0.717) is 29.1 Å². The van der Waals surface area contributed by atoms with Crippen LogP contribution in [0.2, 0.25) is 0 Å². The molecule has 1 aromatic heterocycles. The molecule has 0 aliphatic carbocycles. The number of benzene rings is 2. The van der Waals surface area contributed by atoms with Crippen molar-refractivity contribution in [3.8, 4) is 11.5 Å². The molecule has 0 atom stereocenters. The Hall–Kier alpha value is -2.58. The number of hydrogen-bond donors (Lipinski definition) is 2. The zero-order valence-corrected chi connectivity index (χ0v) is 16.4. The average molecular weight is 433 g/mol. The molecule has 0 saturated heterocycles. The Morgan fingerprint density at radius 2 is 2.12 bits per heavy atom. The molecule has 0 radical (unpaired) electrons. The van der Waals surface area contributed by atoms with Gasteiger partial charge in [0.15, 0.2) is 11.5 Å². The molecule has 3 rings (SSSR count). The molecule has 0 amide bonds. The van der Waals surface area contributed by atoms with Gasteiger partial charge in [-0.1, -0.05) is 34.1 Å². The Balaban J connectivity index is 1.66. The number of aromatic nitrogens is 1. The second-order valence-corrected chi connectivity index (χ2v) is 6.95. The van der Waals surface area contributed by atoms with Gasteiger partial charge < -0.3 is 15.2 Å². The monoisotopic (exact) mass is 432 g/mol. The summed E-state index contributed by atoms with van der Waals surface area (Å²) in [7, 11) is 1.61. The first kappa shape index (κ1) is 18.2. The van der Waals surface area contributed by atoms with Crippen LogP contribution in [0.1, 0.15) is 11.1 Å². The van der Waals surface area contributed by atoms with Gasteiger partial charge in [0, 0.05) is 15.4 Å². The Morgan fingerprint density at radius 3 is 2.85 bits per heavy atom. The Kier molecular flexibility index (Phi) is 6.08. The van der Waals surface area contributed by atoms with Gasteiger partial charge in [-0.05, 0) is 29.8 Å². The van der Waals surface area contributed by atoms with Gasteiger partial charge in [-0.3, -0.25) is 5.43 Å². The van der Waals surface area contributed by atoms with Gasteiger partial charge in [0.05, 0.1) is 13.3 Å². The SMILES string of the molecule is COc1cc(C=NNc2nc(N)cs2)ccc1OCc1ccccc1Br. The average Bonchev–Trinajstić information content (AvgIpc) is 3.06. The van der Waals surface area contributed by atoms with Gasteiger partial charge >= 0.3 is 0 Å². The molecular weight excluding hydrogens is 416 g/mol. The van der Waals surface area contributed by atoms with Crippen LogP contribution >= 0.6 is 27.3 Å². The second-order valence-electron chi connectivity index (χ2n) is 5.24. The minimum absolute atomic E-state index is 0.443. The van der Waals surface area contributed by atoms with Crippen molar-refractivity contribution < 1.29 is 9.47 Å². The lowest BCUT2D eigenvalue weighted by Gasteiger charge is -2.12. The summed E-state index contributed by atoms with van der Waals surface area (Å²) < 4.78 is 12.3. The van der Waals surface area contributed by atoms with Crippen molar-refractivity contribution in [2.75, 3.05) is 18.3 Å². The lowest BCUT2D eigenvalue weighted by molar-refractivity contribution is 0.284. The largest absolute Gasteiger partial charge is 0.493 e. The molecule has 0 aliphatic rings. The number of nitrogen functional groups attached to an aromatic ring is 1. The number of hydrazone groups is 1. The van der Waals surface area contributed by atoms with E-state index in [4.69, 9.17) is 15.2 Å². The number of ether oxygens (including phenoxy) is 2. The summed E-state index contributed by atoms with van der Waals surface area (Å²) in [6.07, 6.45) is 1.68. The summed E-state index contributed by atoms with van der Waals surface area (Å²) in [6.45, 7) is 0.443. The molecule has 0 aliphatic heterocycles. The molecule has 0 spiro atoms. The topological polar surface area (TPSA) is 81.8 Å². The highest BCUT2D eigenvalue weighted by Crippen LogP contribution is 2.29. The summed E-state index contributed by atoms with van der Waals surface area (Å²) in [6, 6.07) is 13.6. The van der Waals surface area contributed by atoms with Crippen molar-refractivity contribution >= 4 is 44.4 Å². The normalized spacial score (nSPS) is 10.8. The van der Waals surface area contributed by atoms with E-state index in [9.17, 15) is 0 Å². The summed E-state index contributed by atoms with van der Waals surface area (Å²) in [5.41, 5.74) is 10.3. The van der Waals surface area contributed by atoms with Crippen LogP contribution in [0.3, 0.4) is 0 Å². The first-order valence-electron chi connectivity index (χ1n) is 7.70. The van der Waals surface area contributed by atoms with E-state index in [1.807, 2.05) is 42.5 Å². The molecule has 3 aromatic rings. The third-order valence-corrected chi connectivity index (χ3v) is 4.96. The molecule has 0 fully saturated rings. The van der Waals surface area contributed by atoms with E-state index in [1.54, 1.807) is 18.7 Å². The number of thiazole rings is 1. The maximum absolute atomic E-state index is 5.89. The first-order chi connectivity index (χ1) is 12.7. The highest BCUT2D eigenvalue weighted by molar-refractivity contribution is 9.10. The van der Waals surface area contributed by atoms with Crippen LogP contribution in [0, 0.1) is 0 Å². The molecule has 3 N–H and O–H groups in total. The number of nitrogens with two attached hydrogens (primary N) is 1. The minimum atomic E-state index is 0.443. The molecule has 0 saturated carbocycles.